The lowest BCUT2D eigenvalue weighted by molar-refractivity contribution is 0.575. The van der Waals surface area contributed by atoms with E-state index in [2.05, 4.69) is 15.3 Å². The first kappa shape index (κ1) is 12.9. The topological polar surface area (TPSA) is 56.2 Å². The van der Waals surface area contributed by atoms with E-state index >= 15 is 0 Å². The molecule has 0 fully saturated rings. The average molecular weight is 312 g/mol. The summed E-state index contributed by atoms with van der Waals surface area (Å²) in [6, 6.07) is 9.86. The Bertz CT molecular complexity index is 938. The number of hydrogen-bond acceptors (Lipinski definition) is 5. The van der Waals surface area contributed by atoms with Gasteiger partial charge < -0.3 is 4.42 Å². The highest BCUT2D eigenvalue weighted by Gasteiger charge is 2.14. The highest BCUT2D eigenvalue weighted by Crippen LogP contribution is 2.22. The maximum absolute atomic E-state index is 12.9. The van der Waals surface area contributed by atoms with Gasteiger partial charge in [0.05, 0.1) is 6.26 Å². The molecule has 7 heteroatoms. The molecule has 5 nitrogen and oxygen atoms in total. The molecule has 0 radical (unpaired) electrons. The van der Waals surface area contributed by atoms with Crippen molar-refractivity contribution in [3.63, 3.8) is 0 Å². The van der Waals surface area contributed by atoms with Crippen molar-refractivity contribution < 1.29 is 8.81 Å². The number of nitrogens with zero attached hydrogens (tertiary/aromatic N) is 4. The number of fused-ring (bicyclic) bond motifs is 1. The summed E-state index contributed by atoms with van der Waals surface area (Å²) in [5.74, 6) is 0.934. The molecule has 0 atom stereocenters. The van der Waals surface area contributed by atoms with Gasteiger partial charge in [-0.25, -0.2) is 4.39 Å². The summed E-state index contributed by atoms with van der Waals surface area (Å²) in [6.07, 6.45) is 5.31. The van der Waals surface area contributed by atoms with Crippen molar-refractivity contribution in [2.75, 3.05) is 0 Å². The highest BCUT2D eigenvalue weighted by molar-refractivity contribution is 7.17. The van der Waals surface area contributed by atoms with E-state index in [0.29, 0.717) is 16.5 Å². The van der Waals surface area contributed by atoms with Gasteiger partial charge in [0, 0.05) is 0 Å². The number of aromatic nitrogens is 4. The molecule has 1 aromatic carbocycles. The van der Waals surface area contributed by atoms with Crippen LogP contribution >= 0.6 is 11.3 Å². The third-order valence-electron chi connectivity index (χ3n) is 3.04. The second kappa shape index (κ2) is 5.19. The van der Waals surface area contributed by atoms with Crippen molar-refractivity contribution in [3.05, 3.63) is 59.0 Å². The zero-order valence-electron chi connectivity index (χ0n) is 11.2. The molecule has 4 rings (SSSR count). The molecule has 0 aliphatic rings. The fraction of sp³-hybridized carbons (Fsp3) is 0. The van der Waals surface area contributed by atoms with E-state index in [-0.39, 0.29) is 5.82 Å². The molecule has 22 heavy (non-hydrogen) atoms. The summed E-state index contributed by atoms with van der Waals surface area (Å²) in [6.45, 7) is 0. The van der Waals surface area contributed by atoms with Crippen LogP contribution in [-0.4, -0.2) is 19.8 Å². The fourth-order valence-corrected chi connectivity index (χ4v) is 2.74. The Hall–Kier alpha value is -2.80. The van der Waals surface area contributed by atoms with Crippen LogP contribution in [0.3, 0.4) is 0 Å². The number of rotatable bonds is 3. The van der Waals surface area contributed by atoms with Crippen LogP contribution in [0.5, 0.6) is 0 Å². The number of benzene rings is 1. The smallest absolute Gasteiger partial charge is 0.235 e. The minimum Gasteiger partial charge on any atom is -0.461 e. The monoisotopic (exact) mass is 312 g/mol. The van der Waals surface area contributed by atoms with Crippen molar-refractivity contribution >= 4 is 28.4 Å². The van der Waals surface area contributed by atoms with Crippen molar-refractivity contribution in [2.24, 2.45) is 0 Å². The van der Waals surface area contributed by atoms with E-state index in [1.807, 2.05) is 18.2 Å². The van der Waals surface area contributed by atoms with Crippen LogP contribution < -0.4 is 0 Å². The molecule has 0 saturated carbocycles. The fourth-order valence-electron chi connectivity index (χ4n) is 2.00. The first-order valence-corrected chi connectivity index (χ1v) is 7.31. The maximum atomic E-state index is 12.9. The summed E-state index contributed by atoms with van der Waals surface area (Å²) < 4.78 is 19.8. The van der Waals surface area contributed by atoms with E-state index < -0.39 is 0 Å². The second-order valence-electron chi connectivity index (χ2n) is 4.52. The Balaban J connectivity index is 1.67. The lowest BCUT2D eigenvalue weighted by atomic mass is 10.2. The number of furan rings is 1. The summed E-state index contributed by atoms with van der Waals surface area (Å²) in [7, 11) is 0. The van der Waals surface area contributed by atoms with E-state index in [4.69, 9.17) is 4.42 Å². The molecule has 0 N–H and O–H groups in total. The van der Waals surface area contributed by atoms with Gasteiger partial charge in [0.25, 0.3) is 0 Å². The summed E-state index contributed by atoms with van der Waals surface area (Å²) in [4.78, 5) is 0.685. The van der Waals surface area contributed by atoms with Crippen molar-refractivity contribution in [1.82, 2.24) is 19.8 Å². The molecule has 3 aromatic heterocycles. The molecular formula is C15H9FN4OS. The van der Waals surface area contributed by atoms with Crippen LogP contribution in [0.25, 0.3) is 28.7 Å². The van der Waals surface area contributed by atoms with E-state index in [9.17, 15) is 4.39 Å². The molecule has 0 aliphatic carbocycles. The first-order valence-electron chi connectivity index (χ1n) is 6.49. The standard InChI is InChI=1S/C15H9FN4OS/c16-11-6-3-10(4-7-11)5-8-13-19-20-14(12-2-1-9-21-12)17-18-15(20)22-13/h1-9H. The molecule has 0 aliphatic heterocycles. The van der Waals surface area contributed by atoms with Gasteiger partial charge in [-0.15, -0.1) is 10.2 Å². The van der Waals surface area contributed by atoms with Crippen LogP contribution in [0.2, 0.25) is 0 Å². The van der Waals surface area contributed by atoms with Crippen LogP contribution in [0, 0.1) is 5.82 Å². The van der Waals surface area contributed by atoms with E-state index in [0.717, 1.165) is 10.6 Å². The molecule has 0 bridgehead atoms. The molecule has 3 heterocycles. The Morgan fingerprint density at radius 2 is 1.95 bits per heavy atom. The van der Waals surface area contributed by atoms with Gasteiger partial charge >= 0.3 is 0 Å². The third kappa shape index (κ3) is 2.31. The molecule has 0 saturated heterocycles. The number of hydrogen-bond donors (Lipinski definition) is 0. The summed E-state index contributed by atoms with van der Waals surface area (Å²) in [5.41, 5.74) is 0.902. The lowest BCUT2D eigenvalue weighted by Crippen LogP contribution is -1.89. The van der Waals surface area contributed by atoms with E-state index in [1.54, 1.807) is 29.0 Å². The van der Waals surface area contributed by atoms with Crippen molar-refractivity contribution in [1.29, 1.82) is 0 Å². The Labute approximate surface area is 128 Å². The van der Waals surface area contributed by atoms with Gasteiger partial charge in [0.1, 0.15) is 10.8 Å². The first-order chi connectivity index (χ1) is 10.8. The Morgan fingerprint density at radius 3 is 2.73 bits per heavy atom. The van der Waals surface area contributed by atoms with E-state index in [1.165, 1.54) is 23.5 Å². The Kier molecular flexibility index (Phi) is 3.05. The second-order valence-corrected chi connectivity index (χ2v) is 5.51. The molecule has 108 valence electrons. The van der Waals surface area contributed by atoms with Crippen LogP contribution in [-0.2, 0) is 0 Å². The zero-order valence-corrected chi connectivity index (χ0v) is 12.0. The van der Waals surface area contributed by atoms with Gasteiger partial charge in [-0.3, -0.25) is 0 Å². The van der Waals surface area contributed by atoms with Gasteiger partial charge in [0.2, 0.25) is 10.8 Å². The Morgan fingerprint density at radius 1 is 1.09 bits per heavy atom. The van der Waals surface area contributed by atoms with Crippen LogP contribution in [0.15, 0.2) is 47.1 Å². The van der Waals surface area contributed by atoms with Gasteiger partial charge in [-0.2, -0.15) is 9.61 Å². The lowest BCUT2D eigenvalue weighted by Gasteiger charge is -1.91. The maximum Gasteiger partial charge on any atom is 0.235 e. The summed E-state index contributed by atoms with van der Waals surface area (Å²) in [5, 5.41) is 13.4. The zero-order chi connectivity index (χ0) is 14.9. The van der Waals surface area contributed by atoms with Crippen molar-refractivity contribution in [2.45, 2.75) is 0 Å². The quantitative estimate of drug-likeness (QED) is 0.578. The molecule has 0 amide bonds. The predicted octanol–water partition coefficient (Wildman–Crippen LogP) is 3.76. The molecule has 4 aromatic rings. The number of halogens is 1. The summed E-state index contributed by atoms with van der Waals surface area (Å²) >= 11 is 1.41. The van der Waals surface area contributed by atoms with Gasteiger partial charge in [0.15, 0.2) is 5.76 Å². The third-order valence-corrected chi connectivity index (χ3v) is 3.90. The van der Waals surface area contributed by atoms with Crippen molar-refractivity contribution in [3.8, 4) is 11.6 Å². The largest absolute Gasteiger partial charge is 0.461 e. The van der Waals surface area contributed by atoms with Gasteiger partial charge in [-0.1, -0.05) is 29.5 Å². The normalized spacial score (nSPS) is 11.7. The minimum absolute atomic E-state index is 0.251. The average Bonchev–Trinajstić information content (AvgIpc) is 3.22. The predicted molar refractivity (Wildman–Crippen MR) is 81.7 cm³/mol. The molecular weight excluding hydrogens is 303 g/mol. The van der Waals surface area contributed by atoms with Crippen LogP contribution in [0.1, 0.15) is 10.6 Å². The SMILES string of the molecule is Fc1ccc(C=Cc2nn3c(-c4ccco4)nnc3s2)cc1. The molecule has 0 spiro atoms. The van der Waals surface area contributed by atoms with Gasteiger partial charge in [-0.05, 0) is 35.9 Å². The minimum atomic E-state index is -0.251. The highest BCUT2D eigenvalue weighted by atomic mass is 32.1. The molecule has 0 unspecified atom stereocenters. The van der Waals surface area contributed by atoms with Crippen LogP contribution in [0.4, 0.5) is 4.39 Å².